The standard InChI is InChI=1S/3C3H6O2.Lu.H2O/c3*1-2-3(4)5;;/h3*2H2,1H3,(H,4,5);;1H2. The molecule has 0 spiro atoms. The largest absolute Gasteiger partial charge is 0.481 e. The molecule has 8 heteroatoms. The van der Waals surface area contributed by atoms with Crippen LogP contribution in [-0.4, -0.2) is 38.7 Å². The summed E-state index contributed by atoms with van der Waals surface area (Å²) in [5.74, 6) is -2.24. The molecule has 0 atom stereocenters. The molecular formula is C9H20LuO7. The Morgan fingerprint density at radius 1 is 0.706 bits per heavy atom. The fourth-order valence-electron chi connectivity index (χ4n) is 0. The van der Waals surface area contributed by atoms with Crippen LogP contribution in [0, 0.1) is 36.9 Å². The first kappa shape index (κ1) is 30.0. The van der Waals surface area contributed by atoms with Crippen LogP contribution in [0.5, 0.6) is 0 Å². The first-order chi connectivity index (χ1) is 6.81. The molecule has 7 nitrogen and oxygen atoms in total. The van der Waals surface area contributed by atoms with E-state index >= 15 is 0 Å². The normalized spacial score (nSPS) is 6.53. The molecule has 1 radical (unpaired) electrons. The Kier molecular flexibility index (Phi) is 43.6. The first-order valence-electron chi connectivity index (χ1n) is 4.47. The monoisotopic (exact) mass is 415 g/mol. The molecule has 0 fully saturated rings. The summed E-state index contributed by atoms with van der Waals surface area (Å²) >= 11 is 0. The second-order valence-corrected chi connectivity index (χ2v) is 2.24. The van der Waals surface area contributed by atoms with Crippen molar-refractivity contribution in [1.82, 2.24) is 0 Å². The topological polar surface area (TPSA) is 143 Å². The molecule has 0 saturated carbocycles. The van der Waals surface area contributed by atoms with Crippen molar-refractivity contribution >= 4 is 17.9 Å². The van der Waals surface area contributed by atoms with Crippen LogP contribution in [0.25, 0.3) is 0 Å². The average molecular weight is 415 g/mol. The third kappa shape index (κ3) is 92.0. The predicted octanol–water partition coefficient (Wildman–Crippen LogP) is 0.618. The van der Waals surface area contributed by atoms with Gasteiger partial charge in [-0.2, -0.15) is 0 Å². The molecule has 0 heterocycles. The molecule has 0 unspecified atom stereocenters. The van der Waals surface area contributed by atoms with E-state index in [-0.39, 0.29) is 61.6 Å². The summed E-state index contributed by atoms with van der Waals surface area (Å²) in [4.78, 5) is 28.1. The van der Waals surface area contributed by atoms with E-state index in [0.717, 1.165) is 0 Å². The number of aliphatic carboxylic acids is 3. The smallest absolute Gasteiger partial charge is 0.303 e. The van der Waals surface area contributed by atoms with Crippen LogP contribution in [-0.2, 0) is 14.4 Å². The molecule has 113 valence electrons. The molecule has 0 bridgehead atoms. The van der Waals surface area contributed by atoms with Gasteiger partial charge in [0, 0.05) is 56.1 Å². The quantitative estimate of drug-likeness (QED) is 0.617. The van der Waals surface area contributed by atoms with Crippen LogP contribution in [0.2, 0.25) is 0 Å². The van der Waals surface area contributed by atoms with Crippen LogP contribution in [0.1, 0.15) is 40.0 Å². The molecule has 0 saturated heterocycles. The van der Waals surface area contributed by atoms with E-state index in [1.807, 2.05) is 0 Å². The van der Waals surface area contributed by atoms with Gasteiger partial charge in [0.25, 0.3) is 0 Å². The Labute approximate surface area is 129 Å². The fraction of sp³-hybridized carbons (Fsp3) is 0.667. The summed E-state index contributed by atoms with van der Waals surface area (Å²) in [7, 11) is 0. The molecule has 0 aromatic rings. The number of carboxylic acid groups (broad SMARTS) is 3. The average Bonchev–Trinajstić information content (AvgIpc) is 2.19. The Bertz CT molecular complexity index is 160. The van der Waals surface area contributed by atoms with Crippen LogP contribution in [0.15, 0.2) is 0 Å². The summed E-state index contributed by atoms with van der Waals surface area (Å²) in [5.41, 5.74) is 0. The molecule has 0 rings (SSSR count). The SMILES string of the molecule is CCC(=O)O.CCC(=O)O.CCC(=O)O.O.[Lu]. The minimum Gasteiger partial charge on any atom is -0.481 e. The van der Waals surface area contributed by atoms with Crippen LogP contribution >= 0.6 is 0 Å². The van der Waals surface area contributed by atoms with Gasteiger partial charge in [-0.15, -0.1) is 0 Å². The van der Waals surface area contributed by atoms with Gasteiger partial charge < -0.3 is 20.8 Å². The molecule has 0 aliphatic rings. The van der Waals surface area contributed by atoms with Gasteiger partial charge in [0.05, 0.1) is 0 Å². The summed E-state index contributed by atoms with van der Waals surface area (Å²) in [6.07, 6.45) is 0.667. The molecule has 5 N–H and O–H groups in total. The molecule has 0 aromatic heterocycles. The van der Waals surface area contributed by atoms with Crippen molar-refractivity contribution in [2.45, 2.75) is 40.0 Å². The van der Waals surface area contributed by atoms with E-state index in [1.165, 1.54) is 0 Å². The maximum atomic E-state index is 9.37. The van der Waals surface area contributed by atoms with Gasteiger partial charge in [-0.1, -0.05) is 20.8 Å². The Morgan fingerprint density at radius 2 is 0.765 bits per heavy atom. The van der Waals surface area contributed by atoms with Gasteiger partial charge in [-0.25, -0.2) is 0 Å². The minimum absolute atomic E-state index is 0. The van der Waals surface area contributed by atoms with Gasteiger partial charge in [0.15, 0.2) is 0 Å². The van der Waals surface area contributed by atoms with E-state index in [4.69, 9.17) is 15.3 Å². The number of carbonyl (C=O) groups is 3. The molecular weight excluding hydrogens is 395 g/mol. The maximum Gasteiger partial charge on any atom is 0.303 e. The van der Waals surface area contributed by atoms with Gasteiger partial charge in [0.1, 0.15) is 0 Å². The van der Waals surface area contributed by atoms with Gasteiger partial charge in [0.2, 0.25) is 0 Å². The summed E-state index contributed by atoms with van der Waals surface area (Å²) in [6, 6.07) is 0. The Morgan fingerprint density at radius 3 is 0.765 bits per heavy atom. The first-order valence-corrected chi connectivity index (χ1v) is 4.47. The summed E-state index contributed by atoms with van der Waals surface area (Å²) < 4.78 is 0. The van der Waals surface area contributed by atoms with Gasteiger partial charge in [-0.3, -0.25) is 14.4 Å². The number of hydrogen-bond donors (Lipinski definition) is 3. The Balaban J connectivity index is -0.0000000400. The maximum absolute atomic E-state index is 9.37. The molecule has 17 heavy (non-hydrogen) atoms. The number of hydrogen-bond acceptors (Lipinski definition) is 3. The van der Waals surface area contributed by atoms with E-state index in [1.54, 1.807) is 20.8 Å². The summed E-state index contributed by atoms with van der Waals surface area (Å²) in [5, 5.41) is 23.2. The van der Waals surface area contributed by atoms with Gasteiger partial charge >= 0.3 is 17.9 Å². The summed E-state index contributed by atoms with van der Waals surface area (Å²) in [6.45, 7) is 4.80. The molecule has 0 amide bonds. The van der Waals surface area contributed by atoms with Crippen LogP contribution in [0.3, 0.4) is 0 Å². The molecule has 0 aromatic carbocycles. The van der Waals surface area contributed by atoms with Crippen molar-refractivity contribution in [2.24, 2.45) is 0 Å². The Hall–Kier alpha value is -0.396. The second-order valence-electron chi connectivity index (χ2n) is 2.24. The second kappa shape index (κ2) is 24.7. The zero-order valence-electron chi connectivity index (χ0n) is 9.95. The van der Waals surface area contributed by atoms with Gasteiger partial charge in [-0.05, 0) is 0 Å². The number of rotatable bonds is 3. The van der Waals surface area contributed by atoms with Crippen molar-refractivity contribution in [3.8, 4) is 0 Å². The van der Waals surface area contributed by atoms with Crippen molar-refractivity contribution in [3.63, 3.8) is 0 Å². The molecule has 0 aliphatic heterocycles. The van der Waals surface area contributed by atoms with E-state index < -0.39 is 17.9 Å². The van der Waals surface area contributed by atoms with Crippen molar-refractivity contribution in [1.29, 1.82) is 0 Å². The number of carboxylic acids is 3. The zero-order valence-corrected chi connectivity index (χ0v) is 11.6. The minimum atomic E-state index is -0.745. The third-order valence-corrected chi connectivity index (χ3v) is 0.907. The van der Waals surface area contributed by atoms with Crippen molar-refractivity contribution in [2.75, 3.05) is 0 Å². The third-order valence-electron chi connectivity index (χ3n) is 0.907. The molecule has 0 aliphatic carbocycles. The van der Waals surface area contributed by atoms with Crippen molar-refractivity contribution in [3.05, 3.63) is 0 Å². The van der Waals surface area contributed by atoms with E-state index in [9.17, 15) is 14.4 Å². The van der Waals surface area contributed by atoms with Crippen LogP contribution < -0.4 is 0 Å². The predicted molar refractivity (Wildman–Crippen MR) is 57.4 cm³/mol. The fourth-order valence-corrected chi connectivity index (χ4v) is 0. The zero-order chi connectivity index (χ0) is 12.9. The van der Waals surface area contributed by atoms with Crippen LogP contribution in [0.4, 0.5) is 0 Å². The van der Waals surface area contributed by atoms with E-state index in [2.05, 4.69) is 0 Å². The van der Waals surface area contributed by atoms with Crippen molar-refractivity contribution < 1.29 is 72.1 Å². The van der Waals surface area contributed by atoms with E-state index in [0.29, 0.717) is 0 Å².